The molecule has 1 aromatic heterocycles. The Kier molecular flexibility index (Phi) is 4.42. The van der Waals surface area contributed by atoms with Gasteiger partial charge in [0.25, 0.3) is 0 Å². The van der Waals surface area contributed by atoms with Crippen molar-refractivity contribution >= 4 is 11.6 Å². The molecule has 0 fully saturated rings. The molecule has 0 aliphatic rings. The summed E-state index contributed by atoms with van der Waals surface area (Å²) < 4.78 is 2.15. The van der Waals surface area contributed by atoms with Crippen LogP contribution >= 0.6 is 11.6 Å². The van der Waals surface area contributed by atoms with Crippen molar-refractivity contribution in [3.05, 3.63) is 65.8 Å². The van der Waals surface area contributed by atoms with Crippen LogP contribution in [0, 0.1) is 0 Å². The molecule has 1 aromatic carbocycles. The molecule has 0 unspecified atom stereocenters. The van der Waals surface area contributed by atoms with Gasteiger partial charge in [-0.25, -0.2) is 4.98 Å². The van der Waals surface area contributed by atoms with E-state index in [1.54, 1.807) is 6.20 Å². The van der Waals surface area contributed by atoms with Crippen LogP contribution in [0.3, 0.4) is 0 Å². The Balaban J connectivity index is 2.02. The molecule has 2 rings (SSSR count). The predicted octanol–water partition coefficient (Wildman–Crippen LogP) is 2.86. The highest BCUT2D eigenvalue weighted by atomic mass is 35.5. The third-order valence-electron chi connectivity index (χ3n) is 2.71. The fourth-order valence-electron chi connectivity index (χ4n) is 1.78. The number of aromatic nitrogens is 2. The van der Waals surface area contributed by atoms with Crippen LogP contribution in [0.2, 0.25) is 5.02 Å². The Morgan fingerprint density at radius 3 is 2.83 bits per heavy atom. The van der Waals surface area contributed by atoms with Gasteiger partial charge in [0.1, 0.15) is 5.82 Å². The number of hydrogen-bond donors (Lipinski definition) is 1. The fourth-order valence-corrected chi connectivity index (χ4v) is 1.91. The van der Waals surface area contributed by atoms with Gasteiger partial charge in [-0.3, -0.25) is 0 Å². The number of imidazole rings is 1. The summed E-state index contributed by atoms with van der Waals surface area (Å²) in [5, 5.41) is 3.84. The summed E-state index contributed by atoms with van der Waals surface area (Å²) in [6.45, 7) is 5.30. The topological polar surface area (TPSA) is 29.9 Å². The molecule has 94 valence electrons. The van der Waals surface area contributed by atoms with Gasteiger partial charge < -0.3 is 9.88 Å². The largest absolute Gasteiger partial charge is 0.391 e. The second kappa shape index (κ2) is 6.26. The number of nitrogens with zero attached hydrogens (tertiary/aromatic N) is 2. The van der Waals surface area contributed by atoms with Gasteiger partial charge in [-0.1, -0.05) is 30.3 Å². The van der Waals surface area contributed by atoms with E-state index < -0.39 is 0 Å². The molecule has 18 heavy (non-hydrogen) atoms. The lowest BCUT2D eigenvalue weighted by atomic mass is 10.2. The van der Waals surface area contributed by atoms with E-state index in [2.05, 4.69) is 21.4 Å². The van der Waals surface area contributed by atoms with E-state index in [4.69, 9.17) is 11.6 Å². The molecule has 0 atom stereocenters. The molecule has 0 spiro atoms. The molecule has 1 N–H and O–H groups in total. The predicted molar refractivity (Wildman–Crippen MR) is 74.7 cm³/mol. The van der Waals surface area contributed by atoms with Crippen molar-refractivity contribution in [3.8, 4) is 0 Å². The number of nitrogens with one attached hydrogen (secondary N) is 1. The van der Waals surface area contributed by atoms with Crippen LogP contribution < -0.4 is 5.32 Å². The SMILES string of the molecule is C=CNCCc1nccn1Cc1ccc(Cl)cc1. The Bertz CT molecular complexity index is 502. The maximum Gasteiger partial charge on any atom is 0.110 e. The lowest BCUT2D eigenvalue weighted by molar-refractivity contribution is 0.695. The molecule has 0 saturated carbocycles. The van der Waals surface area contributed by atoms with Crippen molar-refractivity contribution in [2.75, 3.05) is 6.54 Å². The van der Waals surface area contributed by atoms with Crippen LogP contribution in [0.15, 0.2) is 49.4 Å². The van der Waals surface area contributed by atoms with Gasteiger partial charge in [-0.2, -0.15) is 0 Å². The standard InChI is InChI=1S/C14H16ClN3/c1-2-16-8-7-14-17-9-10-18(14)11-12-3-5-13(15)6-4-12/h2-6,9-10,16H,1,7-8,11H2. The van der Waals surface area contributed by atoms with E-state index in [0.29, 0.717) is 0 Å². The van der Waals surface area contributed by atoms with E-state index >= 15 is 0 Å². The first-order valence-corrected chi connectivity index (χ1v) is 6.26. The fraction of sp³-hybridized carbons (Fsp3) is 0.214. The maximum atomic E-state index is 5.87. The van der Waals surface area contributed by atoms with Crippen molar-refractivity contribution in [3.63, 3.8) is 0 Å². The molecule has 0 aliphatic heterocycles. The van der Waals surface area contributed by atoms with E-state index in [-0.39, 0.29) is 0 Å². The summed E-state index contributed by atoms with van der Waals surface area (Å²) in [6, 6.07) is 7.89. The summed E-state index contributed by atoms with van der Waals surface area (Å²) in [6.07, 6.45) is 6.41. The van der Waals surface area contributed by atoms with E-state index in [9.17, 15) is 0 Å². The maximum absolute atomic E-state index is 5.87. The minimum Gasteiger partial charge on any atom is -0.391 e. The summed E-state index contributed by atoms with van der Waals surface area (Å²) in [7, 11) is 0. The highest BCUT2D eigenvalue weighted by molar-refractivity contribution is 6.30. The van der Waals surface area contributed by atoms with Crippen molar-refractivity contribution in [1.29, 1.82) is 0 Å². The Morgan fingerprint density at radius 1 is 1.33 bits per heavy atom. The first kappa shape index (κ1) is 12.7. The van der Waals surface area contributed by atoms with Crippen molar-refractivity contribution in [1.82, 2.24) is 14.9 Å². The normalized spacial score (nSPS) is 10.3. The van der Waals surface area contributed by atoms with Crippen LogP contribution in [0.1, 0.15) is 11.4 Å². The molecule has 2 aromatic rings. The zero-order valence-electron chi connectivity index (χ0n) is 10.1. The minimum atomic E-state index is 0.764. The molecule has 1 heterocycles. The molecular weight excluding hydrogens is 246 g/mol. The Hall–Kier alpha value is -1.74. The lowest BCUT2D eigenvalue weighted by Gasteiger charge is -2.08. The molecule has 0 saturated heterocycles. The van der Waals surface area contributed by atoms with Crippen LogP contribution in [0.25, 0.3) is 0 Å². The zero-order valence-corrected chi connectivity index (χ0v) is 10.9. The number of halogens is 1. The Morgan fingerprint density at radius 2 is 2.11 bits per heavy atom. The average Bonchev–Trinajstić information content (AvgIpc) is 2.80. The van der Waals surface area contributed by atoms with Crippen LogP contribution in [0.5, 0.6) is 0 Å². The molecule has 0 amide bonds. The molecular formula is C14H16ClN3. The summed E-state index contributed by atoms with van der Waals surface area (Å²) in [5.74, 6) is 1.07. The number of hydrogen-bond acceptors (Lipinski definition) is 2. The van der Waals surface area contributed by atoms with Crippen molar-refractivity contribution in [2.24, 2.45) is 0 Å². The van der Waals surface area contributed by atoms with E-state index in [1.807, 2.05) is 36.7 Å². The van der Waals surface area contributed by atoms with E-state index in [1.165, 1.54) is 5.56 Å². The van der Waals surface area contributed by atoms with Gasteiger partial charge in [0.15, 0.2) is 0 Å². The molecule has 4 heteroatoms. The first-order valence-electron chi connectivity index (χ1n) is 5.88. The van der Waals surface area contributed by atoms with Gasteiger partial charge in [0.2, 0.25) is 0 Å². The van der Waals surface area contributed by atoms with Crippen molar-refractivity contribution < 1.29 is 0 Å². The number of benzene rings is 1. The monoisotopic (exact) mass is 261 g/mol. The van der Waals surface area contributed by atoms with Crippen LogP contribution in [-0.2, 0) is 13.0 Å². The minimum absolute atomic E-state index is 0.764. The van der Waals surface area contributed by atoms with Crippen molar-refractivity contribution in [2.45, 2.75) is 13.0 Å². The molecule has 0 aliphatic carbocycles. The summed E-state index contributed by atoms with van der Waals surface area (Å²) in [4.78, 5) is 4.36. The highest BCUT2D eigenvalue weighted by Crippen LogP contribution is 2.11. The quantitative estimate of drug-likeness (QED) is 0.811. The first-order chi connectivity index (χ1) is 8.79. The second-order valence-corrected chi connectivity index (χ2v) is 4.44. The van der Waals surface area contributed by atoms with Gasteiger partial charge in [0, 0.05) is 36.9 Å². The zero-order chi connectivity index (χ0) is 12.8. The second-order valence-electron chi connectivity index (χ2n) is 4.01. The third kappa shape index (κ3) is 3.37. The number of rotatable bonds is 6. The lowest BCUT2D eigenvalue weighted by Crippen LogP contribution is -2.13. The highest BCUT2D eigenvalue weighted by Gasteiger charge is 2.03. The molecule has 3 nitrogen and oxygen atoms in total. The molecule has 0 bridgehead atoms. The van der Waals surface area contributed by atoms with Gasteiger partial charge in [-0.15, -0.1) is 0 Å². The third-order valence-corrected chi connectivity index (χ3v) is 2.96. The summed E-state index contributed by atoms with van der Waals surface area (Å²) in [5.41, 5.74) is 1.22. The van der Waals surface area contributed by atoms with Crippen LogP contribution in [-0.4, -0.2) is 16.1 Å². The average molecular weight is 262 g/mol. The van der Waals surface area contributed by atoms with Gasteiger partial charge >= 0.3 is 0 Å². The van der Waals surface area contributed by atoms with E-state index in [0.717, 1.165) is 30.4 Å². The van der Waals surface area contributed by atoms with Crippen LogP contribution in [0.4, 0.5) is 0 Å². The van der Waals surface area contributed by atoms with Gasteiger partial charge in [0.05, 0.1) is 0 Å². The smallest absolute Gasteiger partial charge is 0.110 e. The Labute approximate surface area is 112 Å². The summed E-state index contributed by atoms with van der Waals surface area (Å²) >= 11 is 5.87. The molecule has 0 radical (unpaired) electrons. The van der Waals surface area contributed by atoms with Gasteiger partial charge in [-0.05, 0) is 23.9 Å².